The highest BCUT2D eigenvalue weighted by molar-refractivity contribution is 6.30. The van der Waals surface area contributed by atoms with Crippen molar-refractivity contribution >= 4 is 23.5 Å². The molecule has 9 nitrogen and oxygen atoms in total. The van der Waals surface area contributed by atoms with Crippen LogP contribution < -0.4 is 9.80 Å². The van der Waals surface area contributed by atoms with Crippen LogP contribution in [0.2, 0.25) is 5.02 Å². The van der Waals surface area contributed by atoms with Crippen molar-refractivity contribution in [2.45, 2.75) is 32.9 Å². The van der Waals surface area contributed by atoms with Crippen LogP contribution in [0, 0.1) is 29.1 Å². The number of aryl methyl sites for hydroxylation is 1. The lowest BCUT2D eigenvalue weighted by Crippen LogP contribution is -2.73. The fourth-order valence-corrected chi connectivity index (χ4v) is 6.05. The summed E-state index contributed by atoms with van der Waals surface area (Å²) in [5, 5.41) is 19.6. The van der Waals surface area contributed by atoms with Gasteiger partial charge >= 0.3 is 0 Å². The van der Waals surface area contributed by atoms with Crippen molar-refractivity contribution in [3.63, 3.8) is 0 Å². The second-order valence-corrected chi connectivity index (χ2v) is 11.2. The summed E-state index contributed by atoms with van der Waals surface area (Å²) in [6, 6.07) is 10.5. The largest absolute Gasteiger partial charge is 0.339 e. The van der Waals surface area contributed by atoms with E-state index in [-0.39, 0.29) is 10.8 Å². The van der Waals surface area contributed by atoms with Crippen LogP contribution in [0.1, 0.15) is 29.9 Å². The van der Waals surface area contributed by atoms with Gasteiger partial charge in [-0.05, 0) is 49.6 Å². The van der Waals surface area contributed by atoms with Gasteiger partial charge in [0.1, 0.15) is 0 Å². The summed E-state index contributed by atoms with van der Waals surface area (Å²) >= 11 is 6.39. The number of nitrogens with zero attached hydrogens (tertiary/aromatic N) is 9. The van der Waals surface area contributed by atoms with Gasteiger partial charge in [-0.2, -0.15) is 5.26 Å². The Morgan fingerprint density at radius 2 is 1.86 bits per heavy atom. The van der Waals surface area contributed by atoms with Crippen LogP contribution in [0.4, 0.5) is 11.9 Å². The lowest BCUT2D eigenvalue weighted by atomic mass is 9.73. The van der Waals surface area contributed by atoms with Crippen molar-refractivity contribution in [3.8, 4) is 11.8 Å². The molecule has 3 aliphatic heterocycles. The first-order valence-corrected chi connectivity index (χ1v) is 12.5. The van der Waals surface area contributed by atoms with Crippen molar-refractivity contribution < 1.29 is 0 Å². The van der Waals surface area contributed by atoms with E-state index < -0.39 is 0 Å². The number of benzene rings is 1. The Labute approximate surface area is 209 Å². The van der Waals surface area contributed by atoms with Crippen molar-refractivity contribution in [3.05, 3.63) is 52.6 Å². The van der Waals surface area contributed by atoms with Gasteiger partial charge in [0.15, 0.2) is 5.82 Å². The van der Waals surface area contributed by atoms with Crippen LogP contribution >= 0.6 is 11.6 Å². The van der Waals surface area contributed by atoms with Gasteiger partial charge in [-0.25, -0.2) is 9.97 Å². The average molecular weight is 488 g/mol. The molecule has 0 N–H and O–H groups in total. The molecular weight excluding hydrogens is 462 g/mol. The molecule has 7 rings (SSSR count). The monoisotopic (exact) mass is 487 g/mol. The molecule has 0 amide bonds. The van der Waals surface area contributed by atoms with Crippen molar-refractivity contribution in [2.75, 3.05) is 42.5 Å². The van der Waals surface area contributed by atoms with Gasteiger partial charge in [0.2, 0.25) is 11.9 Å². The summed E-state index contributed by atoms with van der Waals surface area (Å²) in [7, 11) is 0. The lowest BCUT2D eigenvalue weighted by molar-refractivity contribution is 0.152. The van der Waals surface area contributed by atoms with Gasteiger partial charge in [0.05, 0.1) is 23.7 Å². The quantitative estimate of drug-likeness (QED) is 0.555. The van der Waals surface area contributed by atoms with E-state index in [2.05, 4.69) is 51.6 Å². The molecule has 4 aliphatic rings. The molecule has 5 heterocycles. The highest BCUT2D eigenvalue weighted by atomic mass is 35.5. The van der Waals surface area contributed by atoms with Crippen LogP contribution in [0.5, 0.6) is 0 Å². The van der Waals surface area contributed by atoms with Gasteiger partial charge in [0, 0.05) is 61.6 Å². The van der Waals surface area contributed by atoms with Crippen LogP contribution in [0.3, 0.4) is 0 Å². The highest BCUT2D eigenvalue weighted by Gasteiger charge is 2.54. The zero-order valence-electron chi connectivity index (χ0n) is 19.7. The van der Waals surface area contributed by atoms with Gasteiger partial charge < -0.3 is 9.80 Å². The Morgan fingerprint density at radius 3 is 2.60 bits per heavy atom. The molecule has 0 unspecified atom stereocenters. The third-order valence-electron chi connectivity index (χ3n) is 7.82. The molecule has 1 saturated carbocycles. The number of halogens is 1. The highest BCUT2D eigenvalue weighted by Crippen LogP contribution is 2.47. The number of hydrogen-bond acceptors (Lipinski definition) is 8. The molecule has 3 aromatic rings. The number of aromatic nitrogens is 5. The number of fused-ring (bicyclic) bond motifs is 3. The molecule has 10 heteroatoms. The van der Waals surface area contributed by atoms with E-state index in [1.54, 1.807) is 0 Å². The molecule has 0 atom stereocenters. The zero-order chi connectivity index (χ0) is 23.8. The van der Waals surface area contributed by atoms with Gasteiger partial charge in [-0.3, -0.25) is 9.47 Å². The number of rotatable bonds is 4. The second-order valence-electron chi connectivity index (χ2n) is 10.8. The van der Waals surface area contributed by atoms with Crippen molar-refractivity contribution in [1.82, 2.24) is 29.6 Å². The predicted octanol–water partition coefficient (Wildman–Crippen LogP) is 2.97. The molecule has 2 saturated heterocycles. The van der Waals surface area contributed by atoms with Crippen LogP contribution in [0.15, 0.2) is 30.5 Å². The fourth-order valence-electron chi connectivity index (χ4n) is 5.85. The SMILES string of the molecule is Cc1ccnc(N2CC3(C2)CN(c2nnc4n2-c2ccc(Cl)cc2CN(CC2(C#N)CC2)C4)C3)n1. The molecule has 0 radical (unpaired) electrons. The normalized spacial score (nSPS) is 21.4. The summed E-state index contributed by atoms with van der Waals surface area (Å²) in [6.07, 6.45) is 3.78. The summed E-state index contributed by atoms with van der Waals surface area (Å²) in [6.45, 7) is 7.97. The maximum Gasteiger partial charge on any atom is 0.231 e. The maximum absolute atomic E-state index is 9.64. The minimum absolute atomic E-state index is 0.211. The summed E-state index contributed by atoms with van der Waals surface area (Å²) in [5.74, 6) is 2.63. The molecule has 3 fully saturated rings. The summed E-state index contributed by atoms with van der Waals surface area (Å²) < 4.78 is 2.20. The second kappa shape index (κ2) is 7.39. The summed E-state index contributed by atoms with van der Waals surface area (Å²) in [4.78, 5) is 15.9. The first kappa shape index (κ1) is 21.1. The Balaban J connectivity index is 1.14. The third-order valence-corrected chi connectivity index (χ3v) is 8.06. The van der Waals surface area contributed by atoms with Crippen molar-refractivity contribution in [1.29, 1.82) is 5.26 Å². The third kappa shape index (κ3) is 3.46. The number of anilines is 2. The Bertz CT molecular complexity index is 1360. The van der Waals surface area contributed by atoms with E-state index in [9.17, 15) is 5.26 Å². The molecule has 178 valence electrons. The maximum atomic E-state index is 9.64. The number of hydrogen-bond donors (Lipinski definition) is 0. The van der Waals surface area contributed by atoms with E-state index in [4.69, 9.17) is 11.6 Å². The Morgan fingerprint density at radius 1 is 1.06 bits per heavy atom. The van der Waals surface area contributed by atoms with Crippen LogP contribution in [0.25, 0.3) is 5.69 Å². The molecule has 1 spiro atoms. The molecule has 0 bridgehead atoms. The average Bonchev–Trinajstić information content (AvgIpc) is 3.47. The standard InChI is InChI=1S/C25H26ClN9/c1-17-4-7-28-22(29-17)33-13-25(14-33)15-34(16-25)23-31-30-21-10-32(12-24(11-27)5-6-24)9-18-8-19(26)2-3-20(18)35(21)23/h2-4,7-8H,5-6,9-10,12-16H2,1H3. The Hall–Kier alpha value is -3.22. The molecule has 1 aromatic carbocycles. The lowest BCUT2D eigenvalue weighted by Gasteiger charge is -2.60. The first-order valence-electron chi connectivity index (χ1n) is 12.1. The minimum Gasteiger partial charge on any atom is -0.339 e. The first-order chi connectivity index (χ1) is 16.9. The van der Waals surface area contributed by atoms with E-state index >= 15 is 0 Å². The van der Waals surface area contributed by atoms with Crippen molar-refractivity contribution in [2.24, 2.45) is 10.8 Å². The molecule has 1 aliphatic carbocycles. The predicted molar refractivity (Wildman–Crippen MR) is 131 cm³/mol. The van der Waals surface area contributed by atoms with E-state index in [0.717, 1.165) is 91.8 Å². The van der Waals surface area contributed by atoms with E-state index in [1.165, 1.54) is 0 Å². The summed E-state index contributed by atoms with van der Waals surface area (Å²) in [5.41, 5.74) is 3.26. The molecular formula is C25H26ClN9. The topological polar surface area (TPSA) is 90.0 Å². The zero-order valence-corrected chi connectivity index (χ0v) is 20.4. The minimum atomic E-state index is -0.211. The number of nitriles is 1. The van der Waals surface area contributed by atoms with Crippen LogP contribution in [-0.2, 0) is 13.1 Å². The van der Waals surface area contributed by atoms with E-state index in [1.807, 2.05) is 31.3 Å². The van der Waals surface area contributed by atoms with Gasteiger partial charge in [0.25, 0.3) is 0 Å². The Kier molecular flexibility index (Phi) is 4.45. The molecule has 2 aromatic heterocycles. The van der Waals surface area contributed by atoms with Gasteiger partial charge in [-0.15, -0.1) is 10.2 Å². The van der Waals surface area contributed by atoms with Gasteiger partial charge in [-0.1, -0.05) is 11.6 Å². The molecule has 35 heavy (non-hydrogen) atoms. The smallest absolute Gasteiger partial charge is 0.231 e. The van der Waals surface area contributed by atoms with E-state index in [0.29, 0.717) is 6.54 Å². The van der Waals surface area contributed by atoms with Crippen LogP contribution in [-0.4, -0.2) is 62.4 Å². The fraction of sp³-hybridized carbons (Fsp3) is 0.480.